The van der Waals surface area contributed by atoms with Gasteiger partial charge in [-0.15, -0.1) is 24.8 Å². The van der Waals surface area contributed by atoms with Gasteiger partial charge in [0.25, 0.3) is 0 Å². The van der Waals surface area contributed by atoms with Crippen molar-refractivity contribution in [1.82, 2.24) is 0 Å². The van der Waals surface area contributed by atoms with Crippen molar-refractivity contribution >= 4 is 48.0 Å². The highest BCUT2D eigenvalue weighted by Gasteiger charge is 1.89. The summed E-state index contributed by atoms with van der Waals surface area (Å²) in [5, 5.41) is 1.21. The van der Waals surface area contributed by atoms with E-state index in [1.54, 1.807) is 12.1 Å². The summed E-state index contributed by atoms with van der Waals surface area (Å²) < 4.78 is 0. The van der Waals surface area contributed by atoms with E-state index in [1.807, 2.05) is 12.1 Å². The molecular formula is C7H10Cl4. The summed E-state index contributed by atoms with van der Waals surface area (Å²) in [6.07, 6.45) is 0. The zero-order valence-electron chi connectivity index (χ0n) is 4.88. The van der Waals surface area contributed by atoms with Crippen molar-refractivity contribution < 1.29 is 0 Å². The van der Waals surface area contributed by atoms with Crippen molar-refractivity contribution in [3.8, 4) is 0 Å². The standard InChI is InChI=1S/C6H4Cl2.CH4.2ClH/c7-5-3-1-2-4-6(5)8;;;/h1-4H;1H4;2*1H. The summed E-state index contributed by atoms with van der Waals surface area (Å²) in [4.78, 5) is 0. The first-order chi connectivity index (χ1) is 3.80. The Kier molecular flexibility index (Phi) is 13.5. The molecule has 0 aliphatic heterocycles. The van der Waals surface area contributed by atoms with E-state index in [0.29, 0.717) is 10.0 Å². The monoisotopic (exact) mass is 234 g/mol. The van der Waals surface area contributed by atoms with Gasteiger partial charge in [-0.3, -0.25) is 0 Å². The molecule has 0 unspecified atom stereocenters. The van der Waals surface area contributed by atoms with E-state index in [2.05, 4.69) is 0 Å². The first kappa shape index (κ1) is 17.5. The van der Waals surface area contributed by atoms with E-state index in [9.17, 15) is 0 Å². The fraction of sp³-hybridized carbons (Fsp3) is 0.143. The van der Waals surface area contributed by atoms with Crippen LogP contribution in [0.15, 0.2) is 24.3 Å². The van der Waals surface area contributed by atoms with Crippen molar-refractivity contribution in [2.45, 2.75) is 7.43 Å². The Bertz CT molecular complexity index is 167. The zero-order chi connectivity index (χ0) is 5.98. The number of benzene rings is 1. The lowest BCUT2D eigenvalue weighted by atomic mass is 10.4. The minimum absolute atomic E-state index is 0. The summed E-state index contributed by atoms with van der Waals surface area (Å²) in [6, 6.07) is 7.19. The molecule has 1 aromatic carbocycles. The molecule has 0 bridgehead atoms. The first-order valence-electron chi connectivity index (χ1n) is 2.21. The third-order valence-electron chi connectivity index (χ3n) is 0.824. The van der Waals surface area contributed by atoms with E-state index in [-0.39, 0.29) is 32.2 Å². The lowest BCUT2D eigenvalue weighted by Crippen LogP contribution is -1.62. The van der Waals surface area contributed by atoms with Gasteiger partial charge in [-0.2, -0.15) is 0 Å². The van der Waals surface area contributed by atoms with Crippen LogP contribution in [-0.2, 0) is 0 Å². The maximum absolute atomic E-state index is 5.58. The molecule has 0 saturated carbocycles. The second kappa shape index (κ2) is 8.48. The molecule has 0 aliphatic carbocycles. The SMILES string of the molecule is C.Cl.Cl.Clc1ccccc1Cl. The summed E-state index contributed by atoms with van der Waals surface area (Å²) in [7, 11) is 0. The maximum atomic E-state index is 5.58. The van der Waals surface area contributed by atoms with Crippen molar-refractivity contribution in [2.24, 2.45) is 0 Å². The fourth-order valence-corrected chi connectivity index (χ4v) is 0.711. The molecule has 0 fully saturated rings. The van der Waals surface area contributed by atoms with Crippen LogP contribution in [0.1, 0.15) is 7.43 Å². The molecule has 66 valence electrons. The molecule has 0 heterocycles. The van der Waals surface area contributed by atoms with Gasteiger partial charge < -0.3 is 0 Å². The van der Waals surface area contributed by atoms with Crippen LogP contribution >= 0.6 is 48.0 Å². The van der Waals surface area contributed by atoms with Crippen LogP contribution in [0.25, 0.3) is 0 Å². The molecule has 0 atom stereocenters. The quantitative estimate of drug-likeness (QED) is 0.623. The van der Waals surface area contributed by atoms with Gasteiger partial charge in [-0.05, 0) is 12.1 Å². The molecule has 0 amide bonds. The third kappa shape index (κ3) is 5.63. The zero-order valence-corrected chi connectivity index (χ0v) is 8.03. The first-order valence-corrected chi connectivity index (χ1v) is 2.96. The Labute approximate surface area is 89.7 Å². The summed E-state index contributed by atoms with van der Waals surface area (Å²) >= 11 is 11.2. The number of rotatable bonds is 0. The van der Waals surface area contributed by atoms with E-state index in [0.717, 1.165) is 0 Å². The molecular weight excluding hydrogens is 226 g/mol. The number of hydrogen-bond donors (Lipinski definition) is 0. The Morgan fingerprint density at radius 3 is 1.27 bits per heavy atom. The molecule has 0 radical (unpaired) electrons. The Morgan fingerprint density at radius 2 is 1.09 bits per heavy atom. The highest BCUT2D eigenvalue weighted by Crippen LogP contribution is 2.19. The Hall–Kier alpha value is 0.380. The largest absolute Gasteiger partial charge is 0.147 e. The molecule has 0 aromatic heterocycles. The fourth-order valence-electron chi connectivity index (χ4n) is 0.439. The van der Waals surface area contributed by atoms with E-state index in [4.69, 9.17) is 23.2 Å². The number of hydrogen-bond acceptors (Lipinski definition) is 0. The molecule has 0 N–H and O–H groups in total. The van der Waals surface area contributed by atoms with E-state index < -0.39 is 0 Å². The average molecular weight is 236 g/mol. The molecule has 1 aromatic rings. The molecule has 0 aliphatic rings. The van der Waals surface area contributed by atoms with Crippen molar-refractivity contribution in [1.29, 1.82) is 0 Å². The molecule has 0 spiro atoms. The van der Waals surface area contributed by atoms with Gasteiger partial charge in [0.15, 0.2) is 0 Å². The van der Waals surface area contributed by atoms with Gasteiger partial charge in [0.05, 0.1) is 10.0 Å². The highest BCUT2D eigenvalue weighted by atomic mass is 35.5. The highest BCUT2D eigenvalue weighted by molar-refractivity contribution is 6.41. The van der Waals surface area contributed by atoms with Gasteiger partial charge in [-0.1, -0.05) is 42.8 Å². The second-order valence-electron chi connectivity index (χ2n) is 1.41. The normalized spacial score (nSPS) is 6.73. The van der Waals surface area contributed by atoms with Crippen LogP contribution in [0.3, 0.4) is 0 Å². The maximum Gasteiger partial charge on any atom is 0.0592 e. The molecule has 4 heteroatoms. The lowest BCUT2D eigenvalue weighted by Gasteiger charge is -1.88. The van der Waals surface area contributed by atoms with Crippen LogP contribution in [0.5, 0.6) is 0 Å². The number of halogens is 4. The molecule has 11 heavy (non-hydrogen) atoms. The minimum Gasteiger partial charge on any atom is -0.147 e. The predicted octanol–water partition coefficient (Wildman–Crippen LogP) is 4.47. The van der Waals surface area contributed by atoms with Gasteiger partial charge in [0.2, 0.25) is 0 Å². The van der Waals surface area contributed by atoms with Crippen molar-refractivity contribution in [2.75, 3.05) is 0 Å². The smallest absolute Gasteiger partial charge is 0.0592 e. The van der Waals surface area contributed by atoms with Crippen LogP contribution in [0.4, 0.5) is 0 Å². The van der Waals surface area contributed by atoms with Crippen molar-refractivity contribution in [3.05, 3.63) is 34.3 Å². The van der Waals surface area contributed by atoms with Gasteiger partial charge in [-0.25, -0.2) is 0 Å². The van der Waals surface area contributed by atoms with Crippen molar-refractivity contribution in [3.63, 3.8) is 0 Å². The summed E-state index contributed by atoms with van der Waals surface area (Å²) in [6.45, 7) is 0. The average Bonchev–Trinajstić information content (AvgIpc) is 1.77. The second-order valence-corrected chi connectivity index (χ2v) is 2.23. The predicted molar refractivity (Wildman–Crippen MR) is 57.7 cm³/mol. The van der Waals surface area contributed by atoms with Crippen LogP contribution in [0.2, 0.25) is 10.0 Å². The third-order valence-corrected chi connectivity index (χ3v) is 1.58. The van der Waals surface area contributed by atoms with Crippen LogP contribution < -0.4 is 0 Å². The van der Waals surface area contributed by atoms with Gasteiger partial charge in [0, 0.05) is 0 Å². The minimum atomic E-state index is 0. The van der Waals surface area contributed by atoms with E-state index >= 15 is 0 Å². The summed E-state index contributed by atoms with van der Waals surface area (Å²) in [5.41, 5.74) is 0. The van der Waals surface area contributed by atoms with Gasteiger partial charge >= 0.3 is 0 Å². The topological polar surface area (TPSA) is 0 Å². The Morgan fingerprint density at radius 1 is 0.818 bits per heavy atom. The Balaban J connectivity index is -0.000000213. The van der Waals surface area contributed by atoms with Gasteiger partial charge in [0.1, 0.15) is 0 Å². The summed E-state index contributed by atoms with van der Waals surface area (Å²) in [5.74, 6) is 0. The van der Waals surface area contributed by atoms with Crippen LogP contribution in [0, 0.1) is 0 Å². The molecule has 1 rings (SSSR count). The van der Waals surface area contributed by atoms with E-state index in [1.165, 1.54) is 0 Å². The molecule has 0 saturated heterocycles. The van der Waals surface area contributed by atoms with Crippen LogP contribution in [-0.4, -0.2) is 0 Å². The molecule has 0 nitrogen and oxygen atoms in total. The lowest BCUT2D eigenvalue weighted by molar-refractivity contribution is 1.71.